The van der Waals surface area contributed by atoms with Crippen LogP contribution >= 0.6 is 0 Å². The smallest absolute Gasteiger partial charge is 0.178 e. The predicted octanol–water partition coefficient (Wildman–Crippen LogP) is 3.33. The molecule has 1 unspecified atom stereocenters. The van der Waals surface area contributed by atoms with Gasteiger partial charge in [0.1, 0.15) is 0 Å². The van der Waals surface area contributed by atoms with Crippen LogP contribution in [-0.2, 0) is 9.84 Å². The molecule has 0 fully saturated rings. The molecule has 1 N–H and O–H groups in total. The second kappa shape index (κ2) is 4.94. The van der Waals surface area contributed by atoms with Crippen LogP contribution in [0.15, 0.2) is 53.4 Å². The maximum absolute atomic E-state index is 12.1. The Morgan fingerprint density at radius 1 is 1.05 bits per heavy atom. The normalized spacial score (nSPS) is 20.1. The van der Waals surface area contributed by atoms with E-state index >= 15 is 0 Å². The van der Waals surface area contributed by atoms with E-state index in [-0.39, 0.29) is 11.8 Å². The molecule has 0 bridgehead atoms. The van der Waals surface area contributed by atoms with Crippen molar-refractivity contribution in [2.24, 2.45) is 0 Å². The molecule has 3 rings (SSSR count). The molecule has 0 saturated carbocycles. The fourth-order valence-electron chi connectivity index (χ4n) is 2.66. The fourth-order valence-corrected chi connectivity index (χ4v) is 4.28. The molecule has 0 saturated heterocycles. The van der Waals surface area contributed by atoms with E-state index in [1.807, 2.05) is 43.3 Å². The predicted molar refractivity (Wildman–Crippen MR) is 80.7 cm³/mol. The Kier molecular flexibility index (Phi) is 3.26. The van der Waals surface area contributed by atoms with Crippen molar-refractivity contribution in [3.63, 3.8) is 0 Å². The van der Waals surface area contributed by atoms with Crippen molar-refractivity contribution < 1.29 is 8.42 Å². The van der Waals surface area contributed by atoms with Crippen molar-refractivity contribution in [3.8, 4) is 0 Å². The average molecular weight is 287 g/mol. The van der Waals surface area contributed by atoms with Crippen molar-refractivity contribution >= 4 is 15.5 Å². The molecule has 1 atom stereocenters. The summed E-state index contributed by atoms with van der Waals surface area (Å²) >= 11 is 0. The molecule has 0 radical (unpaired) electrons. The molecule has 0 spiro atoms. The number of aryl methyl sites for hydroxylation is 1. The summed E-state index contributed by atoms with van der Waals surface area (Å²) in [5.41, 5.74) is 3.10. The summed E-state index contributed by atoms with van der Waals surface area (Å²) < 4.78 is 24.2. The Labute approximate surface area is 119 Å². The van der Waals surface area contributed by atoms with E-state index in [9.17, 15) is 8.42 Å². The summed E-state index contributed by atoms with van der Waals surface area (Å²) in [5.74, 6) is 0.202. The summed E-state index contributed by atoms with van der Waals surface area (Å²) in [5, 5.41) is 3.48. The van der Waals surface area contributed by atoms with Crippen molar-refractivity contribution in [1.29, 1.82) is 0 Å². The van der Waals surface area contributed by atoms with Crippen LogP contribution in [0.3, 0.4) is 0 Å². The monoisotopic (exact) mass is 287 g/mol. The highest BCUT2D eigenvalue weighted by Crippen LogP contribution is 2.34. The first-order chi connectivity index (χ1) is 9.58. The van der Waals surface area contributed by atoms with E-state index < -0.39 is 9.84 Å². The zero-order valence-corrected chi connectivity index (χ0v) is 12.2. The van der Waals surface area contributed by atoms with Gasteiger partial charge in [0.15, 0.2) is 9.84 Å². The van der Waals surface area contributed by atoms with Crippen LogP contribution < -0.4 is 5.32 Å². The largest absolute Gasteiger partial charge is 0.378 e. The lowest BCUT2D eigenvalue weighted by Crippen LogP contribution is -2.24. The molecule has 0 aromatic heterocycles. The van der Waals surface area contributed by atoms with Gasteiger partial charge in [0.25, 0.3) is 0 Å². The number of para-hydroxylation sites is 1. The summed E-state index contributed by atoms with van der Waals surface area (Å²) in [6.07, 6.45) is 0.605. The first kappa shape index (κ1) is 13.2. The quantitative estimate of drug-likeness (QED) is 0.921. The number of sulfone groups is 1. The molecule has 1 heterocycles. The van der Waals surface area contributed by atoms with Gasteiger partial charge in [-0.2, -0.15) is 0 Å². The van der Waals surface area contributed by atoms with Crippen molar-refractivity contribution in [2.75, 3.05) is 11.1 Å². The summed E-state index contributed by atoms with van der Waals surface area (Å²) in [6.45, 7) is 2.05. The van der Waals surface area contributed by atoms with Gasteiger partial charge < -0.3 is 5.32 Å². The zero-order valence-electron chi connectivity index (χ0n) is 11.3. The third kappa shape index (κ3) is 2.31. The van der Waals surface area contributed by atoms with Crippen molar-refractivity contribution in [1.82, 2.24) is 0 Å². The van der Waals surface area contributed by atoms with Crippen LogP contribution in [0.5, 0.6) is 0 Å². The number of hydrogen-bond acceptors (Lipinski definition) is 3. The molecular weight excluding hydrogens is 270 g/mol. The Hall–Kier alpha value is -1.81. The van der Waals surface area contributed by atoms with Gasteiger partial charge in [-0.3, -0.25) is 0 Å². The molecular formula is C16H17NO2S. The Morgan fingerprint density at radius 2 is 1.75 bits per heavy atom. The lowest BCUT2D eigenvalue weighted by molar-refractivity contribution is 0.576. The van der Waals surface area contributed by atoms with Crippen molar-refractivity contribution in [2.45, 2.75) is 24.3 Å². The molecule has 20 heavy (non-hydrogen) atoms. The topological polar surface area (TPSA) is 46.2 Å². The molecule has 3 nitrogen and oxygen atoms in total. The SMILES string of the molecule is Cc1ccccc1NC1CCS(=O)(=O)c2ccccc21. The molecule has 2 aromatic carbocycles. The minimum Gasteiger partial charge on any atom is -0.378 e. The highest BCUT2D eigenvalue weighted by Gasteiger charge is 2.29. The van der Waals surface area contributed by atoms with Crippen LogP contribution in [-0.4, -0.2) is 14.2 Å². The summed E-state index contributed by atoms with van der Waals surface area (Å²) in [6, 6.07) is 15.4. The molecule has 2 aromatic rings. The Morgan fingerprint density at radius 3 is 2.55 bits per heavy atom. The number of nitrogens with one attached hydrogen (secondary N) is 1. The van der Waals surface area contributed by atoms with Gasteiger partial charge in [-0.1, -0.05) is 36.4 Å². The van der Waals surface area contributed by atoms with E-state index in [2.05, 4.69) is 5.32 Å². The minimum absolute atomic E-state index is 0.0517. The first-order valence-electron chi connectivity index (χ1n) is 6.72. The highest BCUT2D eigenvalue weighted by atomic mass is 32.2. The number of rotatable bonds is 2. The van der Waals surface area contributed by atoms with Crippen LogP contribution in [0.4, 0.5) is 5.69 Å². The van der Waals surface area contributed by atoms with E-state index in [0.29, 0.717) is 11.3 Å². The van der Waals surface area contributed by atoms with Crippen LogP contribution in [0.1, 0.15) is 23.6 Å². The highest BCUT2D eigenvalue weighted by molar-refractivity contribution is 7.91. The van der Waals surface area contributed by atoms with E-state index in [1.54, 1.807) is 12.1 Å². The third-order valence-electron chi connectivity index (χ3n) is 3.78. The number of anilines is 1. The fraction of sp³-hybridized carbons (Fsp3) is 0.250. The van der Waals surface area contributed by atoms with Crippen molar-refractivity contribution in [3.05, 3.63) is 59.7 Å². The van der Waals surface area contributed by atoms with Gasteiger partial charge in [-0.15, -0.1) is 0 Å². The molecule has 0 aliphatic carbocycles. The molecule has 104 valence electrons. The molecule has 1 aliphatic heterocycles. The maximum Gasteiger partial charge on any atom is 0.178 e. The number of fused-ring (bicyclic) bond motifs is 1. The minimum atomic E-state index is -3.12. The first-order valence-corrected chi connectivity index (χ1v) is 8.37. The molecule has 0 amide bonds. The lowest BCUT2D eigenvalue weighted by Gasteiger charge is -2.27. The van der Waals surface area contributed by atoms with Crippen LogP contribution in [0.2, 0.25) is 0 Å². The zero-order chi connectivity index (χ0) is 14.2. The maximum atomic E-state index is 12.1. The van der Waals surface area contributed by atoms with E-state index in [0.717, 1.165) is 11.3 Å². The third-order valence-corrected chi connectivity index (χ3v) is 5.59. The van der Waals surface area contributed by atoms with Gasteiger partial charge in [0.05, 0.1) is 16.7 Å². The second-order valence-electron chi connectivity index (χ2n) is 5.16. The van der Waals surface area contributed by atoms with Gasteiger partial charge in [-0.05, 0) is 36.6 Å². The van der Waals surface area contributed by atoms with Crippen LogP contribution in [0.25, 0.3) is 0 Å². The number of hydrogen-bond donors (Lipinski definition) is 1. The summed E-state index contributed by atoms with van der Waals surface area (Å²) in [4.78, 5) is 0.470. The number of benzene rings is 2. The lowest BCUT2D eigenvalue weighted by atomic mass is 10.0. The van der Waals surface area contributed by atoms with Crippen LogP contribution in [0, 0.1) is 6.92 Å². The standard InChI is InChI=1S/C16H17NO2S/c1-12-6-2-4-8-14(12)17-15-10-11-20(18,19)16-9-5-3-7-13(15)16/h2-9,15,17H,10-11H2,1H3. The molecule has 4 heteroatoms. The second-order valence-corrected chi connectivity index (χ2v) is 7.23. The van der Waals surface area contributed by atoms with E-state index in [4.69, 9.17) is 0 Å². The van der Waals surface area contributed by atoms with E-state index in [1.165, 1.54) is 5.56 Å². The average Bonchev–Trinajstić information content (AvgIpc) is 2.44. The van der Waals surface area contributed by atoms with Gasteiger partial charge in [-0.25, -0.2) is 8.42 Å². The van der Waals surface area contributed by atoms with Gasteiger partial charge in [0.2, 0.25) is 0 Å². The van der Waals surface area contributed by atoms with Gasteiger partial charge in [0, 0.05) is 5.69 Å². The molecule has 1 aliphatic rings. The summed E-state index contributed by atoms with van der Waals surface area (Å²) in [7, 11) is -3.12. The van der Waals surface area contributed by atoms with Gasteiger partial charge >= 0.3 is 0 Å². The Balaban J connectivity index is 1.99. The Bertz CT molecular complexity index is 738.